The van der Waals surface area contributed by atoms with Gasteiger partial charge in [-0.15, -0.1) is 0 Å². The fourth-order valence-corrected chi connectivity index (χ4v) is 2.89. The Bertz CT molecular complexity index is 610. The summed E-state index contributed by atoms with van der Waals surface area (Å²) >= 11 is 6.08. The molecule has 1 aromatic heterocycles. The van der Waals surface area contributed by atoms with Gasteiger partial charge in [0.1, 0.15) is 0 Å². The van der Waals surface area contributed by atoms with Gasteiger partial charge in [-0.2, -0.15) is 0 Å². The second kappa shape index (κ2) is 3.87. The molecular formula is C13H16ClN3O. The molecule has 2 N–H and O–H groups in total. The zero-order chi connectivity index (χ0) is 12.9. The van der Waals surface area contributed by atoms with E-state index >= 15 is 0 Å². The van der Waals surface area contributed by atoms with Crippen molar-refractivity contribution in [1.29, 1.82) is 0 Å². The highest BCUT2D eigenvalue weighted by Crippen LogP contribution is 2.38. The molecule has 18 heavy (non-hydrogen) atoms. The smallest absolute Gasteiger partial charge is 0.201 e. The maximum Gasteiger partial charge on any atom is 0.201 e. The van der Waals surface area contributed by atoms with Crippen molar-refractivity contribution < 1.29 is 4.74 Å². The molecule has 2 unspecified atom stereocenters. The van der Waals surface area contributed by atoms with Crippen molar-refractivity contribution in [1.82, 2.24) is 9.55 Å². The minimum absolute atomic E-state index is 0.108. The number of nitrogen functional groups attached to an aromatic ring is 1. The van der Waals surface area contributed by atoms with Gasteiger partial charge >= 0.3 is 0 Å². The number of ether oxygens (including phenoxy) is 1. The molecule has 0 amide bonds. The molecule has 2 aromatic rings. The van der Waals surface area contributed by atoms with E-state index in [0.29, 0.717) is 11.0 Å². The van der Waals surface area contributed by atoms with Crippen LogP contribution in [0.2, 0.25) is 5.02 Å². The summed E-state index contributed by atoms with van der Waals surface area (Å²) in [6.45, 7) is 4.98. The van der Waals surface area contributed by atoms with Crippen molar-refractivity contribution >= 4 is 28.6 Å². The Kier molecular flexibility index (Phi) is 2.54. The van der Waals surface area contributed by atoms with Gasteiger partial charge in [0.15, 0.2) is 0 Å². The highest BCUT2D eigenvalue weighted by Gasteiger charge is 2.40. The van der Waals surface area contributed by atoms with E-state index in [1.54, 1.807) is 0 Å². The monoisotopic (exact) mass is 265 g/mol. The lowest BCUT2D eigenvalue weighted by Gasteiger charge is -2.31. The second-order valence-electron chi connectivity index (χ2n) is 5.06. The number of rotatable bonds is 1. The van der Waals surface area contributed by atoms with Crippen molar-refractivity contribution in [2.45, 2.75) is 31.9 Å². The fraction of sp³-hybridized carbons (Fsp3) is 0.462. The number of aromatic nitrogens is 2. The molecule has 5 heteroatoms. The van der Waals surface area contributed by atoms with Gasteiger partial charge in [-0.05, 0) is 38.5 Å². The van der Waals surface area contributed by atoms with Crippen molar-refractivity contribution in [3.8, 4) is 0 Å². The number of nitrogens with zero attached hydrogens (tertiary/aromatic N) is 2. The number of fused-ring (bicyclic) bond motifs is 1. The molecular weight excluding hydrogens is 250 g/mol. The standard InChI is InChI=1S/C13H16ClN3O/c1-8-13(2,5-6-18-8)17-11-7-9(14)3-4-10(11)16-12(17)15/h3-4,7-8H,5-6H2,1-2H3,(H2,15,16). The van der Waals surface area contributed by atoms with Crippen LogP contribution in [0, 0.1) is 0 Å². The first-order chi connectivity index (χ1) is 8.52. The van der Waals surface area contributed by atoms with Crippen LogP contribution in [-0.4, -0.2) is 22.3 Å². The third kappa shape index (κ3) is 1.52. The number of hydrogen-bond acceptors (Lipinski definition) is 3. The average molecular weight is 266 g/mol. The van der Waals surface area contributed by atoms with Crippen LogP contribution in [0.25, 0.3) is 11.0 Å². The van der Waals surface area contributed by atoms with Crippen LogP contribution in [0.3, 0.4) is 0 Å². The van der Waals surface area contributed by atoms with Gasteiger partial charge in [-0.25, -0.2) is 4.98 Å². The van der Waals surface area contributed by atoms with E-state index in [9.17, 15) is 0 Å². The molecule has 1 aromatic carbocycles. The molecule has 0 saturated carbocycles. The fourth-order valence-electron chi connectivity index (χ4n) is 2.72. The molecule has 2 atom stereocenters. The van der Waals surface area contributed by atoms with Gasteiger partial charge in [0.2, 0.25) is 5.95 Å². The largest absolute Gasteiger partial charge is 0.376 e. The summed E-state index contributed by atoms with van der Waals surface area (Å²) in [7, 11) is 0. The van der Waals surface area contributed by atoms with Crippen LogP contribution in [-0.2, 0) is 10.3 Å². The van der Waals surface area contributed by atoms with Crippen molar-refractivity contribution in [2.24, 2.45) is 0 Å². The molecule has 1 fully saturated rings. The molecule has 1 aliphatic rings. The summed E-state index contributed by atoms with van der Waals surface area (Å²) in [5, 5.41) is 0.693. The lowest BCUT2D eigenvalue weighted by Crippen LogP contribution is -2.37. The van der Waals surface area contributed by atoms with E-state index in [0.717, 1.165) is 24.1 Å². The predicted octanol–water partition coefficient (Wildman–Crippen LogP) is 2.80. The van der Waals surface area contributed by atoms with E-state index in [1.807, 2.05) is 18.2 Å². The maximum atomic E-state index is 6.08. The molecule has 1 saturated heterocycles. The number of halogens is 1. The second-order valence-corrected chi connectivity index (χ2v) is 5.50. The Hall–Kier alpha value is -1.26. The molecule has 0 radical (unpaired) electrons. The third-order valence-electron chi connectivity index (χ3n) is 4.01. The lowest BCUT2D eigenvalue weighted by molar-refractivity contribution is 0.0783. The quantitative estimate of drug-likeness (QED) is 0.863. The SMILES string of the molecule is CC1OCCC1(C)n1c(N)nc2ccc(Cl)cc21. The number of anilines is 1. The highest BCUT2D eigenvalue weighted by molar-refractivity contribution is 6.31. The van der Waals surface area contributed by atoms with Crippen LogP contribution < -0.4 is 5.73 Å². The summed E-state index contributed by atoms with van der Waals surface area (Å²) in [5.74, 6) is 0.520. The summed E-state index contributed by atoms with van der Waals surface area (Å²) < 4.78 is 7.75. The first kappa shape index (κ1) is 11.8. The molecule has 3 rings (SSSR count). The maximum absolute atomic E-state index is 6.08. The van der Waals surface area contributed by atoms with Gasteiger partial charge in [0.05, 0.1) is 22.7 Å². The molecule has 0 aliphatic carbocycles. The van der Waals surface area contributed by atoms with E-state index in [1.165, 1.54) is 0 Å². The Morgan fingerprint density at radius 1 is 1.56 bits per heavy atom. The van der Waals surface area contributed by atoms with E-state index in [-0.39, 0.29) is 11.6 Å². The van der Waals surface area contributed by atoms with E-state index in [2.05, 4.69) is 23.4 Å². The van der Waals surface area contributed by atoms with Gasteiger partial charge in [0.25, 0.3) is 0 Å². The van der Waals surface area contributed by atoms with Crippen LogP contribution in [0.1, 0.15) is 20.3 Å². The Balaban J connectivity index is 2.28. The van der Waals surface area contributed by atoms with Gasteiger partial charge < -0.3 is 15.0 Å². The lowest BCUT2D eigenvalue weighted by atomic mass is 9.94. The van der Waals surface area contributed by atoms with Gasteiger partial charge in [0, 0.05) is 11.6 Å². The number of nitrogens with two attached hydrogens (primary N) is 1. The number of hydrogen-bond donors (Lipinski definition) is 1. The summed E-state index contributed by atoms with van der Waals surface area (Å²) in [5.41, 5.74) is 7.77. The summed E-state index contributed by atoms with van der Waals surface area (Å²) in [4.78, 5) is 4.40. The molecule has 0 bridgehead atoms. The zero-order valence-corrected chi connectivity index (χ0v) is 11.2. The minimum atomic E-state index is -0.163. The van der Waals surface area contributed by atoms with Crippen molar-refractivity contribution in [3.05, 3.63) is 23.2 Å². The molecule has 1 aliphatic heterocycles. The highest BCUT2D eigenvalue weighted by atomic mass is 35.5. The van der Waals surface area contributed by atoms with Gasteiger partial charge in [-0.3, -0.25) is 0 Å². The van der Waals surface area contributed by atoms with Crippen LogP contribution in [0.5, 0.6) is 0 Å². The molecule has 4 nitrogen and oxygen atoms in total. The van der Waals surface area contributed by atoms with Crippen LogP contribution in [0.4, 0.5) is 5.95 Å². The summed E-state index contributed by atoms with van der Waals surface area (Å²) in [6.07, 6.45) is 1.03. The van der Waals surface area contributed by atoms with Gasteiger partial charge in [-0.1, -0.05) is 11.6 Å². The Morgan fingerprint density at radius 2 is 2.33 bits per heavy atom. The zero-order valence-electron chi connectivity index (χ0n) is 10.5. The minimum Gasteiger partial charge on any atom is -0.376 e. The first-order valence-corrected chi connectivity index (χ1v) is 6.46. The Morgan fingerprint density at radius 3 is 3.00 bits per heavy atom. The normalized spacial score (nSPS) is 28.1. The Labute approximate surface area is 111 Å². The van der Waals surface area contributed by atoms with Crippen molar-refractivity contribution in [2.75, 3.05) is 12.3 Å². The average Bonchev–Trinajstić information content (AvgIpc) is 2.80. The topological polar surface area (TPSA) is 53.1 Å². The predicted molar refractivity (Wildman–Crippen MR) is 72.8 cm³/mol. The number of benzene rings is 1. The molecule has 2 heterocycles. The summed E-state index contributed by atoms with van der Waals surface area (Å²) in [6, 6.07) is 5.64. The number of imidazole rings is 1. The van der Waals surface area contributed by atoms with Crippen molar-refractivity contribution in [3.63, 3.8) is 0 Å². The van der Waals surface area contributed by atoms with Crippen LogP contribution >= 0.6 is 11.6 Å². The van der Waals surface area contributed by atoms with E-state index < -0.39 is 0 Å². The molecule has 96 valence electrons. The van der Waals surface area contributed by atoms with E-state index in [4.69, 9.17) is 22.1 Å². The first-order valence-electron chi connectivity index (χ1n) is 6.08. The molecule has 0 spiro atoms. The third-order valence-corrected chi connectivity index (χ3v) is 4.24. The van der Waals surface area contributed by atoms with Crippen LogP contribution in [0.15, 0.2) is 18.2 Å².